The summed E-state index contributed by atoms with van der Waals surface area (Å²) in [7, 11) is 0. The van der Waals surface area contributed by atoms with Crippen molar-refractivity contribution in [3.8, 4) is 0 Å². The number of anilines is 1. The van der Waals surface area contributed by atoms with Crippen molar-refractivity contribution in [2.24, 2.45) is 0 Å². The summed E-state index contributed by atoms with van der Waals surface area (Å²) in [4.78, 5) is 19.4. The van der Waals surface area contributed by atoms with Crippen LogP contribution in [0.2, 0.25) is 10.0 Å². The maximum absolute atomic E-state index is 12.7. The predicted octanol–water partition coefficient (Wildman–Crippen LogP) is 6.62. The lowest BCUT2D eigenvalue weighted by Gasteiger charge is -2.30. The number of aryl methyl sites for hydroxylation is 1. The second kappa shape index (κ2) is 8.97. The van der Waals surface area contributed by atoms with Gasteiger partial charge in [-0.25, -0.2) is 4.79 Å². The Morgan fingerprint density at radius 2 is 1.72 bits per heavy atom. The van der Waals surface area contributed by atoms with Crippen LogP contribution in [0.5, 0.6) is 0 Å². The van der Waals surface area contributed by atoms with E-state index >= 15 is 0 Å². The minimum Gasteiger partial charge on any atom is -0.324 e. The van der Waals surface area contributed by atoms with Crippen LogP contribution in [0.15, 0.2) is 66.4 Å². The smallest absolute Gasteiger partial charge is 0.321 e. The minimum absolute atomic E-state index is 0.0603. The first-order valence-electron chi connectivity index (χ1n) is 10.9. The number of nitrogens with zero attached hydrogens (tertiary/aromatic N) is 2. The van der Waals surface area contributed by atoms with Crippen molar-refractivity contribution in [3.63, 3.8) is 0 Å². The molecular formula is C26H23Cl2N3O. The fourth-order valence-corrected chi connectivity index (χ4v) is 5.07. The average Bonchev–Trinajstić information content (AvgIpc) is 2.97. The number of hydrogen-bond acceptors (Lipinski definition) is 2. The molecule has 6 heteroatoms. The Bertz CT molecular complexity index is 1200. The molecule has 1 saturated heterocycles. The van der Waals surface area contributed by atoms with Crippen molar-refractivity contribution in [3.05, 3.63) is 98.8 Å². The number of rotatable bonds is 1. The highest BCUT2D eigenvalue weighted by atomic mass is 35.5. The monoisotopic (exact) mass is 463 g/mol. The molecule has 32 heavy (non-hydrogen) atoms. The van der Waals surface area contributed by atoms with E-state index in [2.05, 4.69) is 17.4 Å². The van der Waals surface area contributed by atoms with E-state index in [0.717, 1.165) is 58.2 Å². The van der Waals surface area contributed by atoms with E-state index in [4.69, 9.17) is 28.2 Å². The van der Waals surface area contributed by atoms with E-state index in [1.807, 2.05) is 47.4 Å². The predicted molar refractivity (Wildman–Crippen MR) is 130 cm³/mol. The van der Waals surface area contributed by atoms with Gasteiger partial charge in [0.25, 0.3) is 0 Å². The van der Waals surface area contributed by atoms with Gasteiger partial charge in [-0.1, -0.05) is 53.0 Å². The van der Waals surface area contributed by atoms with Crippen LogP contribution in [0.25, 0.3) is 5.57 Å². The molecule has 4 nitrogen and oxygen atoms in total. The van der Waals surface area contributed by atoms with Gasteiger partial charge in [0.05, 0.1) is 5.69 Å². The summed E-state index contributed by atoms with van der Waals surface area (Å²) in [6.45, 7) is 1.33. The molecule has 1 fully saturated rings. The number of urea groups is 1. The fraction of sp³-hybridized carbons (Fsp3) is 0.231. The molecule has 2 aromatic carbocycles. The van der Waals surface area contributed by atoms with Gasteiger partial charge in [-0.05, 0) is 72.7 Å². The van der Waals surface area contributed by atoms with E-state index in [1.54, 1.807) is 6.20 Å². The van der Waals surface area contributed by atoms with Crippen LogP contribution >= 0.6 is 23.2 Å². The van der Waals surface area contributed by atoms with E-state index in [-0.39, 0.29) is 6.03 Å². The lowest BCUT2D eigenvalue weighted by Crippen LogP contribution is -2.39. The summed E-state index contributed by atoms with van der Waals surface area (Å²) < 4.78 is 0. The SMILES string of the molecule is O=C(Nc1ccccc1)N1CCC(=C2c3ccc(Cl)cc3CCc3c(Cl)ccnc32)CC1. The third-order valence-electron chi connectivity index (χ3n) is 6.25. The molecule has 1 aromatic heterocycles. The standard InChI is InChI=1S/C26H23Cl2N3O/c27-19-7-9-21-18(16-19)6-8-22-23(28)10-13-29-25(22)24(21)17-11-14-31(15-12-17)26(32)30-20-4-2-1-3-5-20/h1-5,7,9-10,13,16H,6,8,11-12,14-15H2,(H,30,32). The normalized spacial score (nSPS) is 15.6. The highest BCUT2D eigenvalue weighted by molar-refractivity contribution is 6.31. The van der Waals surface area contributed by atoms with E-state index in [1.165, 1.54) is 16.7 Å². The molecule has 2 aliphatic rings. The quantitative estimate of drug-likeness (QED) is 0.440. The van der Waals surface area contributed by atoms with Crippen LogP contribution in [0.3, 0.4) is 0 Å². The molecule has 1 aliphatic heterocycles. The zero-order valence-electron chi connectivity index (χ0n) is 17.6. The van der Waals surface area contributed by atoms with Gasteiger partial charge in [0.15, 0.2) is 0 Å². The van der Waals surface area contributed by atoms with Gasteiger partial charge < -0.3 is 10.2 Å². The van der Waals surface area contributed by atoms with Gasteiger partial charge in [0, 0.05) is 40.6 Å². The molecular weight excluding hydrogens is 441 g/mol. The van der Waals surface area contributed by atoms with E-state index in [0.29, 0.717) is 13.1 Å². The van der Waals surface area contributed by atoms with Gasteiger partial charge in [0.2, 0.25) is 0 Å². The lowest BCUT2D eigenvalue weighted by atomic mass is 9.88. The molecule has 1 aliphatic carbocycles. The van der Waals surface area contributed by atoms with Crippen molar-refractivity contribution in [1.29, 1.82) is 0 Å². The van der Waals surface area contributed by atoms with Crippen LogP contribution < -0.4 is 5.32 Å². The molecule has 0 radical (unpaired) electrons. The third-order valence-corrected chi connectivity index (χ3v) is 6.84. The molecule has 0 atom stereocenters. The van der Waals surface area contributed by atoms with Crippen LogP contribution in [-0.4, -0.2) is 29.0 Å². The first kappa shape index (κ1) is 21.0. The number of benzene rings is 2. The Morgan fingerprint density at radius 3 is 2.50 bits per heavy atom. The first-order valence-corrected chi connectivity index (χ1v) is 11.6. The summed E-state index contributed by atoms with van der Waals surface area (Å²) in [5.74, 6) is 0. The molecule has 0 saturated carbocycles. The zero-order chi connectivity index (χ0) is 22.1. The second-order valence-corrected chi connectivity index (χ2v) is 9.03. The van der Waals surface area contributed by atoms with Gasteiger partial charge in [-0.15, -0.1) is 0 Å². The topological polar surface area (TPSA) is 45.2 Å². The van der Waals surface area contributed by atoms with Crippen molar-refractivity contribution >= 4 is 40.5 Å². The molecule has 5 rings (SSSR count). The average molecular weight is 464 g/mol. The number of halogens is 2. The molecule has 0 unspecified atom stereocenters. The number of carbonyl (C=O) groups excluding carboxylic acids is 1. The number of pyridine rings is 1. The van der Waals surface area contributed by atoms with E-state index in [9.17, 15) is 4.79 Å². The number of piperidine rings is 1. The Morgan fingerprint density at radius 1 is 0.938 bits per heavy atom. The number of para-hydroxylation sites is 1. The maximum atomic E-state index is 12.7. The molecule has 3 aromatic rings. The Hall–Kier alpha value is -2.82. The summed E-state index contributed by atoms with van der Waals surface area (Å²) in [6.07, 6.45) is 5.08. The maximum Gasteiger partial charge on any atom is 0.321 e. The summed E-state index contributed by atoms with van der Waals surface area (Å²) in [6, 6.07) is 17.5. The first-order chi connectivity index (χ1) is 15.6. The lowest BCUT2D eigenvalue weighted by molar-refractivity contribution is 0.207. The molecule has 2 heterocycles. The van der Waals surface area contributed by atoms with Crippen LogP contribution in [0.4, 0.5) is 10.5 Å². The summed E-state index contributed by atoms with van der Waals surface area (Å²) in [5, 5.41) is 4.48. The number of aromatic nitrogens is 1. The Labute approximate surface area is 197 Å². The van der Waals surface area contributed by atoms with Crippen molar-refractivity contribution < 1.29 is 4.79 Å². The van der Waals surface area contributed by atoms with Gasteiger partial charge in [-0.3, -0.25) is 4.98 Å². The number of hydrogen-bond donors (Lipinski definition) is 1. The largest absolute Gasteiger partial charge is 0.324 e. The van der Waals surface area contributed by atoms with Gasteiger partial charge in [-0.2, -0.15) is 0 Å². The van der Waals surface area contributed by atoms with E-state index < -0.39 is 0 Å². The zero-order valence-corrected chi connectivity index (χ0v) is 19.1. The Kier molecular flexibility index (Phi) is 5.90. The highest BCUT2D eigenvalue weighted by Crippen LogP contribution is 2.40. The second-order valence-electron chi connectivity index (χ2n) is 8.18. The molecule has 0 spiro atoms. The van der Waals surface area contributed by atoms with Crippen LogP contribution in [0.1, 0.15) is 35.2 Å². The number of fused-ring (bicyclic) bond motifs is 2. The van der Waals surface area contributed by atoms with Gasteiger partial charge in [0.1, 0.15) is 0 Å². The Balaban J connectivity index is 1.47. The molecule has 2 amide bonds. The number of amides is 2. The highest BCUT2D eigenvalue weighted by Gasteiger charge is 2.27. The molecule has 1 N–H and O–H groups in total. The van der Waals surface area contributed by atoms with Gasteiger partial charge >= 0.3 is 6.03 Å². The summed E-state index contributed by atoms with van der Waals surface area (Å²) >= 11 is 12.9. The van der Waals surface area contributed by atoms with Crippen molar-refractivity contribution in [2.75, 3.05) is 18.4 Å². The fourth-order valence-electron chi connectivity index (χ4n) is 4.63. The van der Waals surface area contributed by atoms with Crippen LogP contribution in [-0.2, 0) is 12.8 Å². The molecule has 162 valence electrons. The number of nitrogens with one attached hydrogen (secondary N) is 1. The van der Waals surface area contributed by atoms with Crippen molar-refractivity contribution in [2.45, 2.75) is 25.7 Å². The third kappa shape index (κ3) is 4.13. The van der Waals surface area contributed by atoms with Crippen molar-refractivity contribution in [1.82, 2.24) is 9.88 Å². The number of likely N-dealkylation sites (tertiary alicyclic amines) is 1. The molecule has 0 bridgehead atoms. The number of carbonyl (C=O) groups is 1. The summed E-state index contributed by atoms with van der Waals surface area (Å²) in [5.41, 5.74) is 7.75. The minimum atomic E-state index is -0.0603. The van der Waals surface area contributed by atoms with Crippen LogP contribution in [0, 0.1) is 0 Å².